The van der Waals surface area contributed by atoms with E-state index in [1.165, 1.54) is 21.6 Å². The Kier molecular flexibility index (Phi) is 11.9. The number of aliphatic imine (C=N–C) groups is 1. The van der Waals surface area contributed by atoms with Gasteiger partial charge in [-0.15, -0.1) is 35.7 Å². The Morgan fingerprint density at radius 2 is 1.66 bits per heavy atom. The smallest absolute Gasteiger partial charge is 0.194 e. The second-order valence-electron chi connectivity index (χ2n) is 8.20. The van der Waals surface area contributed by atoms with Crippen molar-refractivity contribution < 1.29 is 5.11 Å². The number of nitrogens with zero attached hydrogens (tertiary/aromatic N) is 3. The first-order valence-corrected chi connectivity index (χ1v) is 12.4. The Labute approximate surface area is 214 Å². The molecular weight excluding hydrogens is 531 g/mol. The van der Waals surface area contributed by atoms with Gasteiger partial charge >= 0.3 is 0 Å². The molecule has 3 rings (SSSR count). The molecule has 176 valence electrons. The molecule has 1 heterocycles. The topological polar surface area (TPSA) is 51.1 Å². The van der Waals surface area contributed by atoms with E-state index in [1.807, 2.05) is 0 Å². The van der Waals surface area contributed by atoms with E-state index in [2.05, 4.69) is 83.9 Å². The van der Waals surface area contributed by atoms with Crippen molar-refractivity contribution in [3.8, 4) is 0 Å². The predicted molar refractivity (Wildman–Crippen MR) is 147 cm³/mol. The van der Waals surface area contributed by atoms with Crippen LogP contribution < -0.4 is 5.32 Å². The van der Waals surface area contributed by atoms with Crippen LogP contribution in [-0.2, 0) is 19.6 Å². The van der Waals surface area contributed by atoms with E-state index in [4.69, 9.17) is 4.99 Å². The van der Waals surface area contributed by atoms with Gasteiger partial charge in [0.2, 0.25) is 0 Å². The molecule has 0 unspecified atom stereocenters. The number of rotatable bonds is 8. The summed E-state index contributed by atoms with van der Waals surface area (Å²) in [5, 5.41) is 13.1. The molecule has 0 aromatic heterocycles. The number of halogens is 1. The summed E-state index contributed by atoms with van der Waals surface area (Å²) in [6.07, 6.45) is 3.75. The van der Waals surface area contributed by atoms with Crippen molar-refractivity contribution in [1.29, 1.82) is 0 Å². The molecule has 1 aliphatic heterocycles. The lowest BCUT2D eigenvalue weighted by Crippen LogP contribution is -2.38. The molecule has 1 fully saturated rings. The highest BCUT2D eigenvalue weighted by molar-refractivity contribution is 14.0. The highest BCUT2D eigenvalue weighted by Crippen LogP contribution is 2.16. The van der Waals surface area contributed by atoms with Crippen LogP contribution >= 0.6 is 35.7 Å². The van der Waals surface area contributed by atoms with Crippen molar-refractivity contribution in [2.75, 3.05) is 32.9 Å². The minimum atomic E-state index is -0.116. The summed E-state index contributed by atoms with van der Waals surface area (Å²) in [4.78, 5) is 10.7. The molecule has 2 N–H and O–H groups in total. The lowest BCUT2D eigenvalue weighted by Gasteiger charge is -2.29. The molecular formula is C25H37IN4OS. The normalized spacial score (nSPS) is 15.3. The van der Waals surface area contributed by atoms with Crippen LogP contribution in [0.4, 0.5) is 0 Å². The fourth-order valence-corrected chi connectivity index (χ4v) is 4.21. The highest BCUT2D eigenvalue weighted by atomic mass is 127. The van der Waals surface area contributed by atoms with Crippen LogP contribution in [0.25, 0.3) is 0 Å². The maximum Gasteiger partial charge on any atom is 0.194 e. The molecule has 0 bridgehead atoms. The molecule has 1 saturated heterocycles. The van der Waals surface area contributed by atoms with Crippen LogP contribution in [0, 0.1) is 0 Å². The summed E-state index contributed by atoms with van der Waals surface area (Å²) in [6.45, 7) is 7.34. The van der Waals surface area contributed by atoms with E-state index in [0.717, 1.165) is 51.5 Å². The third kappa shape index (κ3) is 8.57. The van der Waals surface area contributed by atoms with Crippen LogP contribution in [0.3, 0.4) is 0 Å². The van der Waals surface area contributed by atoms with E-state index in [0.29, 0.717) is 6.54 Å². The first-order valence-electron chi connectivity index (χ1n) is 11.2. The van der Waals surface area contributed by atoms with Crippen LogP contribution in [0.2, 0.25) is 0 Å². The molecule has 1 aliphatic rings. The predicted octanol–water partition coefficient (Wildman–Crippen LogP) is 4.58. The quantitative estimate of drug-likeness (QED) is 0.211. The van der Waals surface area contributed by atoms with Gasteiger partial charge in [-0.2, -0.15) is 0 Å². The number of thioether (sulfide) groups is 1. The molecule has 0 atom stereocenters. The third-order valence-corrected chi connectivity index (χ3v) is 6.42. The number of aliphatic hydroxyl groups is 1. The minimum Gasteiger partial charge on any atom is -0.393 e. The molecule has 32 heavy (non-hydrogen) atoms. The Hall–Kier alpha value is -1.29. The number of aliphatic hydroxyl groups excluding tert-OH is 1. The van der Waals surface area contributed by atoms with Gasteiger partial charge in [-0.3, -0.25) is 4.90 Å². The zero-order valence-corrected chi connectivity index (χ0v) is 22.6. The molecule has 0 spiro atoms. The Bertz CT molecular complexity index is 821. The molecule has 0 aliphatic carbocycles. The summed E-state index contributed by atoms with van der Waals surface area (Å²) in [5.74, 6) is 0.924. The maximum atomic E-state index is 9.67. The van der Waals surface area contributed by atoms with E-state index < -0.39 is 0 Å². The average Bonchev–Trinajstić information content (AvgIpc) is 2.79. The van der Waals surface area contributed by atoms with Gasteiger partial charge < -0.3 is 15.3 Å². The van der Waals surface area contributed by atoms with Crippen LogP contribution in [0.15, 0.2) is 58.4 Å². The second-order valence-corrected chi connectivity index (χ2v) is 9.08. The Morgan fingerprint density at radius 3 is 2.25 bits per heavy atom. The zero-order chi connectivity index (χ0) is 22.1. The van der Waals surface area contributed by atoms with Gasteiger partial charge in [-0.05, 0) is 54.8 Å². The fourth-order valence-electron chi connectivity index (χ4n) is 3.80. The van der Waals surface area contributed by atoms with Gasteiger partial charge in [0, 0.05) is 44.7 Å². The number of benzene rings is 2. The number of hydrogen-bond donors (Lipinski definition) is 2. The summed E-state index contributed by atoms with van der Waals surface area (Å²) in [6, 6.07) is 17.5. The van der Waals surface area contributed by atoms with Gasteiger partial charge in [-0.1, -0.05) is 36.4 Å². The van der Waals surface area contributed by atoms with Gasteiger partial charge in [0.1, 0.15) is 0 Å². The first kappa shape index (κ1) is 27.0. The standard InChI is InChI=1S/C25H36N4OS.HI/c1-4-26-25(28(2)18-21-9-11-24(31-3)12-10-21)27-17-20-5-7-22(8-6-20)19-29-15-13-23(30)14-16-29;/h5-12,23,30H,4,13-19H2,1-3H3,(H,26,27);1H. The van der Waals surface area contributed by atoms with Crippen LogP contribution in [0.1, 0.15) is 36.5 Å². The summed E-state index contributed by atoms with van der Waals surface area (Å²) in [7, 11) is 2.09. The maximum absolute atomic E-state index is 9.67. The average molecular weight is 569 g/mol. The molecule has 0 saturated carbocycles. The van der Waals surface area contributed by atoms with Gasteiger partial charge in [0.15, 0.2) is 5.96 Å². The number of likely N-dealkylation sites (tertiary alicyclic amines) is 1. The van der Waals surface area contributed by atoms with Gasteiger partial charge in [0.25, 0.3) is 0 Å². The molecule has 0 radical (unpaired) electrons. The van der Waals surface area contributed by atoms with Crippen molar-refractivity contribution in [2.24, 2.45) is 4.99 Å². The second kappa shape index (κ2) is 14.1. The van der Waals surface area contributed by atoms with Gasteiger partial charge in [0.05, 0.1) is 12.6 Å². The molecule has 2 aromatic carbocycles. The number of guanidine groups is 1. The van der Waals surface area contributed by atoms with E-state index in [1.54, 1.807) is 11.8 Å². The van der Waals surface area contributed by atoms with Gasteiger partial charge in [-0.25, -0.2) is 4.99 Å². The third-order valence-electron chi connectivity index (χ3n) is 5.67. The van der Waals surface area contributed by atoms with Crippen molar-refractivity contribution in [3.63, 3.8) is 0 Å². The fraction of sp³-hybridized carbons (Fsp3) is 0.480. The zero-order valence-electron chi connectivity index (χ0n) is 19.5. The van der Waals surface area contributed by atoms with Crippen LogP contribution in [-0.4, -0.2) is 59.9 Å². The van der Waals surface area contributed by atoms with Crippen molar-refractivity contribution in [3.05, 3.63) is 65.2 Å². The summed E-state index contributed by atoms with van der Waals surface area (Å²) >= 11 is 1.76. The van der Waals surface area contributed by atoms with Crippen molar-refractivity contribution in [2.45, 2.75) is 50.4 Å². The van der Waals surface area contributed by atoms with Crippen molar-refractivity contribution >= 4 is 41.7 Å². The molecule has 0 amide bonds. The lowest BCUT2D eigenvalue weighted by atomic mass is 10.1. The lowest BCUT2D eigenvalue weighted by molar-refractivity contribution is 0.0792. The van der Waals surface area contributed by atoms with Crippen LogP contribution in [0.5, 0.6) is 0 Å². The Morgan fingerprint density at radius 1 is 1.06 bits per heavy atom. The minimum absolute atomic E-state index is 0. The summed E-state index contributed by atoms with van der Waals surface area (Å²) < 4.78 is 0. The number of nitrogens with one attached hydrogen (secondary N) is 1. The summed E-state index contributed by atoms with van der Waals surface area (Å²) in [5.41, 5.74) is 3.81. The molecule has 7 heteroatoms. The van der Waals surface area contributed by atoms with E-state index >= 15 is 0 Å². The highest BCUT2D eigenvalue weighted by Gasteiger charge is 2.16. The van der Waals surface area contributed by atoms with E-state index in [-0.39, 0.29) is 30.1 Å². The number of hydrogen-bond acceptors (Lipinski definition) is 4. The van der Waals surface area contributed by atoms with E-state index in [9.17, 15) is 5.11 Å². The first-order chi connectivity index (χ1) is 15.1. The monoisotopic (exact) mass is 568 g/mol. The molecule has 5 nitrogen and oxygen atoms in total. The largest absolute Gasteiger partial charge is 0.393 e. The number of piperidine rings is 1. The SMILES string of the molecule is CCNC(=NCc1ccc(CN2CCC(O)CC2)cc1)N(C)Cc1ccc(SC)cc1.I. The molecule has 2 aromatic rings. The Balaban J connectivity index is 0.00000363. The van der Waals surface area contributed by atoms with Crippen molar-refractivity contribution in [1.82, 2.24) is 15.1 Å².